The van der Waals surface area contributed by atoms with Crippen molar-refractivity contribution < 1.29 is 14.3 Å². The van der Waals surface area contributed by atoms with Gasteiger partial charge in [0.05, 0.1) is 25.9 Å². The van der Waals surface area contributed by atoms with Gasteiger partial charge in [-0.3, -0.25) is 9.69 Å². The lowest BCUT2D eigenvalue weighted by molar-refractivity contribution is 0.0370. The Bertz CT molecular complexity index is 484. The fourth-order valence-electron chi connectivity index (χ4n) is 2.26. The molecule has 0 saturated carbocycles. The zero-order valence-electron chi connectivity index (χ0n) is 11.9. The van der Waals surface area contributed by atoms with Crippen molar-refractivity contribution in [2.24, 2.45) is 0 Å². The number of benzene rings is 1. The van der Waals surface area contributed by atoms with E-state index in [-0.39, 0.29) is 5.78 Å². The molecule has 2 rings (SSSR count). The first-order chi connectivity index (χ1) is 9.61. The molecule has 0 atom stereocenters. The van der Waals surface area contributed by atoms with Gasteiger partial charge in [0, 0.05) is 31.1 Å². The van der Waals surface area contributed by atoms with Gasteiger partial charge in [-0.2, -0.15) is 0 Å². The fraction of sp³-hybridized carbons (Fsp3) is 0.533. The van der Waals surface area contributed by atoms with Gasteiger partial charge in [-0.15, -0.1) is 0 Å². The number of hydrogen-bond donors (Lipinski definition) is 0. The van der Waals surface area contributed by atoms with Gasteiger partial charge in [-0.05, 0) is 24.6 Å². The van der Waals surface area contributed by atoms with Crippen LogP contribution < -0.4 is 4.74 Å². The molecule has 1 aliphatic heterocycles. The topological polar surface area (TPSA) is 38.8 Å². The molecule has 4 nitrogen and oxygen atoms in total. The SMILES string of the molecule is COc1cc(C)c(Cl)cc1C(=O)CCN1CCOCC1. The van der Waals surface area contributed by atoms with Crippen molar-refractivity contribution in [3.8, 4) is 5.75 Å². The third kappa shape index (κ3) is 3.72. The number of morpholine rings is 1. The summed E-state index contributed by atoms with van der Waals surface area (Å²) in [5, 5.41) is 0.598. The zero-order chi connectivity index (χ0) is 14.5. The van der Waals surface area contributed by atoms with Crippen molar-refractivity contribution >= 4 is 17.4 Å². The molecule has 1 aromatic carbocycles. The molecular formula is C15H20ClNO3. The van der Waals surface area contributed by atoms with Gasteiger partial charge in [-0.25, -0.2) is 0 Å². The van der Waals surface area contributed by atoms with Crippen LogP contribution in [0.15, 0.2) is 12.1 Å². The predicted molar refractivity (Wildman–Crippen MR) is 78.9 cm³/mol. The molecule has 1 aliphatic rings. The molecule has 5 heteroatoms. The van der Waals surface area contributed by atoms with E-state index in [2.05, 4.69) is 4.90 Å². The molecular weight excluding hydrogens is 278 g/mol. The second kappa shape index (κ2) is 7.07. The average molecular weight is 298 g/mol. The molecule has 0 amide bonds. The van der Waals surface area contributed by atoms with Gasteiger partial charge >= 0.3 is 0 Å². The number of hydrogen-bond acceptors (Lipinski definition) is 4. The van der Waals surface area contributed by atoms with Crippen molar-refractivity contribution in [3.05, 3.63) is 28.3 Å². The number of rotatable bonds is 5. The summed E-state index contributed by atoms with van der Waals surface area (Å²) in [7, 11) is 1.57. The fourth-order valence-corrected chi connectivity index (χ4v) is 2.42. The van der Waals surface area contributed by atoms with Crippen LogP contribution in [0.25, 0.3) is 0 Å². The van der Waals surface area contributed by atoms with E-state index in [0.29, 0.717) is 22.8 Å². The maximum Gasteiger partial charge on any atom is 0.167 e. The van der Waals surface area contributed by atoms with Gasteiger partial charge in [0.1, 0.15) is 5.75 Å². The highest BCUT2D eigenvalue weighted by Crippen LogP contribution is 2.27. The quantitative estimate of drug-likeness (QED) is 0.783. The molecule has 1 aromatic rings. The molecule has 0 bridgehead atoms. The van der Waals surface area contributed by atoms with Crippen LogP contribution in [0.3, 0.4) is 0 Å². The first kappa shape index (κ1) is 15.3. The van der Waals surface area contributed by atoms with Crippen LogP contribution in [0, 0.1) is 6.92 Å². The van der Waals surface area contributed by atoms with Crippen molar-refractivity contribution in [3.63, 3.8) is 0 Å². The molecule has 0 spiro atoms. The summed E-state index contributed by atoms with van der Waals surface area (Å²) >= 11 is 6.10. The Kier molecular flexibility index (Phi) is 5.40. The maximum atomic E-state index is 12.3. The lowest BCUT2D eigenvalue weighted by Gasteiger charge is -2.26. The van der Waals surface area contributed by atoms with Gasteiger partial charge < -0.3 is 9.47 Å². The Morgan fingerprint density at radius 1 is 1.40 bits per heavy atom. The van der Waals surface area contributed by atoms with E-state index >= 15 is 0 Å². The number of nitrogens with zero attached hydrogens (tertiary/aromatic N) is 1. The molecule has 1 saturated heterocycles. The van der Waals surface area contributed by atoms with Gasteiger partial charge in [0.2, 0.25) is 0 Å². The van der Waals surface area contributed by atoms with Crippen molar-refractivity contribution in [2.45, 2.75) is 13.3 Å². The first-order valence-corrected chi connectivity index (χ1v) is 7.17. The number of carbonyl (C=O) groups excluding carboxylic acids is 1. The second-order valence-electron chi connectivity index (χ2n) is 4.93. The molecule has 0 radical (unpaired) electrons. The Balaban J connectivity index is 2.02. The highest BCUT2D eigenvalue weighted by atomic mass is 35.5. The molecule has 1 heterocycles. The van der Waals surface area contributed by atoms with Crippen LogP contribution in [-0.4, -0.2) is 50.6 Å². The van der Waals surface area contributed by atoms with E-state index in [1.807, 2.05) is 13.0 Å². The van der Waals surface area contributed by atoms with E-state index in [9.17, 15) is 4.79 Å². The number of methoxy groups -OCH3 is 1. The minimum atomic E-state index is 0.0650. The predicted octanol–water partition coefficient (Wildman–Crippen LogP) is 2.56. The number of ether oxygens (including phenoxy) is 2. The average Bonchev–Trinajstić information content (AvgIpc) is 2.48. The van der Waals surface area contributed by atoms with Crippen molar-refractivity contribution in [1.82, 2.24) is 4.90 Å². The molecule has 0 unspecified atom stereocenters. The number of carbonyl (C=O) groups is 1. The summed E-state index contributed by atoms with van der Waals surface area (Å²) in [5.41, 5.74) is 1.48. The zero-order valence-corrected chi connectivity index (χ0v) is 12.7. The van der Waals surface area contributed by atoms with Crippen LogP contribution >= 0.6 is 11.6 Å². The molecule has 0 N–H and O–H groups in total. The monoisotopic (exact) mass is 297 g/mol. The number of aryl methyl sites for hydroxylation is 1. The summed E-state index contributed by atoms with van der Waals surface area (Å²) in [6, 6.07) is 3.52. The smallest absolute Gasteiger partial charge is 0.167 e. The summed E-state index contributed by atoms with van der Waals surface area (Å²) in [4.78, 5) is 14.6. The van der Waals surface area contributed by atoms with E-state index in [1.165, 1.54) is 0 Å². The third-order valence-corrected chi connectivity index (χ3v) is 3.95. The van der Waals surface area contributed by atoms with Crippen molar-refractivity contribution in [1.29, 1.82) is 0 Å². The number of halogens is 1. The van der Waals surface area contributed by atoms with Crippen LogP contribution in [0.2, 0.25) is 5.02 Å². The molecule has 0 aromatic heterocycles. The van der Waals surface area contributed by atoms with Gasteiger partial charge in [0.15, 0.2) is 5.78 Å². The summed E-state index contributed by atoms with van der Waals surface area (Å²) < 4.78 is 10.6. The Morgan fingerprint density at radius 3 is 2.75 bits per heavy atom. The normalized spacial score (nSPS) is 16.1. The summed E-state index contributed by atoms with van der Waals surface area (Å²) in [5.74, 6) is 0.661. The largest absolute Gasteiger partial charge is 0.496 e. The van der Waals surface area contributed by atoms with Crippen LogP contribution in [0.1, 0.15) is 22.3 Å². The van der Waals surface area contributed by atoms with Crippen LogP contribution in [-0.2, 0) is 4.74 Å². The highest BCUT2D eigenvalue weighted by Gasteiger charge is 2.17. The standard InChI is InChI=1S/C15H20ClNO3/c1-11-9-15(19-2)12(10-13(11)16)14(18)3-4-17-5-7-20-8-6-17/h9-10H,3-8H2,1-2H3. The Hall–Kier alpha value is -1.10. The van der Waals surface area contributed by atoms with E-state index in [1.54, 1.807) is 13.2 Å². The van der Waals surface area contributed by atoms with Gasteiger partial charge in [0.25, 0.3) is 0 Å². The Morgan fingerprint density at radius 2 is 2.10 bits per heavy atom. The van der Waals surface area contributed by atoms with Gasteiger partial charge in [-0.1, -0.05) is 11.6 Å². The Labute approximate surface area is 124 Å². The lowest BCUT2D eigenvalue weighted by atomic mass is 10.0. The molecule has 20 heavy (non-hydrogen) atoms. The molecule has 0 aliphatic carbocycles. The van der Waals surface area contributed by atoms with Crippen molar-refractivity contribution in [2.75, 3.05) is 40.0 Å². The summed E-state index contributed by atoms with van der Waals surface area (Å²) in [6.07, 6.45) is 0.468. The molecule has 1 fully saturated rings. The first-order valence-electron chi connectivity index (χ1n) is 6.79. The molecule has 110 valence electrons. The second-order valence-corrected chi connectivity index (χ2v) is 5.34. The van der Waals surface area contributed by atoms with E-state index < -0.39 is 0 Å². The number of Topliss-reactive ketones (excluding diaryl/α,β-unsaturated/α-hetero) is 1. The van der Waals surface area contributed by atoms with Crippen LogP contribution in [0.4, 0.5) is 0 Å². The lowest BCUT2D eigenvalue weighted by Crippen LogP contribution is -2.37. The minimum absolute atomic E-state index is 0.0650. The third-order valence-electron chi connectivity index (χ3n) is 3.54. The highest BCUT2D eigenvalue weighted by molar-refractivity contribution is 6.31. The van der Waals surface area contributed by atoms with E-state index in [4.69, 9.17) is 21.1 Å². The summed E-state index contributed by atoms with van der Waals surface area (Å²) in [6.45, 7) is 5.91. The van der Waals surface area contributed by atoms with E-state index in [0.717, 1.165) is 38.4 Å². The number of ketones is 1. The minimum Gasteiger partial charge on any atom is -0.496 e. The van der Waals surface area contributed by atoms with Crippen LogP contribution in [0.5, 0.6) is 5.75 Å². The maximum absolute atomic E-state index is 12.3.